The van der Waals surface area contributed by atoms with Crippen LogP contribution in [0.3, 0.4) is 0 Å². The minimum absolute atomic E-state index is 0.300. The molecule has 2 atom stereocenters. The summed E-state index contributed by atoms with van der Waals surface area (Å²) in [6, 6.07) is 0.403. The molecule has 1 aromatic rings. The van der Waals surface area contributed by atoms with E-state index in [1.807, 2.05) is 11.7 Å². The number of hydrogen-bond acceptors (Lipinski definition) is 4. The first-order chi connectivity index (χ1) is 8.31. The molecule has 0 fully saturated rings. The van der Waals surface area contributed by atoms with Gasteiger partial charge in [-0.3, -0.25) is 4.98 Å². The SMILES string of the molecule is CCCNC(Cc1cncs1)C(CC)OCC. The van der Waals surface area contributed by atoms with Gasteiger partial charge in [0.05, 0.1) is 11.6 Å². The molecule has 0 radical (unpaired) electrons. The van der Waals surface area contributed by atoms with Gasteiger partial charge in [0.15, 0.2) is 0 Å². The molecular weight excluding hydrogens is 232 g/mol. The van der Waals surface area contributed by atoms with Crippen LogP contribution >= 0.6 is 11.3 Å². The van der Waals surface area contributed by atoms with Crippen molar-refractivity contribution in [1.29, 1.82) is 0 Å². The third-order valence-corrected chi connectivity index (χ3v) is 3.59. The molecule has 0 amide bonds. The zero-order valence-electron chi connectivity index (χ0n) is 11.1. The third-order valence-electron chi connectivity index (χ3n) is 2.79. The fourth-order valence-electron chi connectivity index (χ4n) is 1.96. The molecule has 0 aliphatic heterocycles. The summed E-state index contributed by atoms with van der Waals surface area (Å²) in [6.07, 6.45) is 5.48. The molecule has 98 valence electrons. The molecule has 2 unspecified atom stereocenters. The van der Waals surface area contributed by atoms with Crippen LogP contribution in [-0.4, -0.2) is 30.3 Å². The van der Waals surface area contributed by atoms with Crippen molar-refractivity contribution in [1.82, 2.24) is 10.3 Å². The standard InChI is InChI=1S/C13H24N2OS/c1-4-7-15-12(13(5-2)16-6-3)8-11-9-14-10-17-11/h9-10,12-13,15H,4-8H2,1-3H3. The lowest BCUT2D eigenvalue weighted by atomic mass is 10.0. The summed E-state index contributed by atoms with van der Waals surface area (Å²) in [4.78, 5) is 5.47. The maximum atomic E-state index is 5.82. The maximum absolute atomic E-state index is 5.82. The highest BCUT2D eigenvalue weighted by Crippen LogP contribution is 2.14. The first kappa shape index (κ1) is 14.6. The second-order valence-electron chi connectivity index (χ2n) is 4.13. The van der Waals surface area contributed by atoms with Crippen LogP contribution in [0.4, 0.5) is 0 Å². The Morgan fingerprint density at radius 3 is 2.76 bits per heavy atom. The Kier molecular flexibility index (Phi) is 7.40. The van der Waals surface area contributed by atoms with Crippen molar-refractivity contribution in [3.05, 3.63) is 16.6 Å². The Morgan fingerprint density at radius 2 is 2.24 bits per heavy atom. The van der Waals surface area contributed by atoms with Crippen molar-refractivity contribution >= 4 is 11.3 Å². The van der Waals surface area contributed by atoms with E-state index in [0.717, 1.165) is 32.4 Å². The van der Waals surface area contributed by atoms with E-state index in [2.05, 4.69) is 31.1 Å². The summed E-state index contributed by atoms with van der Waals surface area (Å²) < 4.78 is 5.82. The van der Waals surface area contributed by atoms with Crippen molar-refractivity contribution < 1.29 is 4.74 Å². The monoisotopic (exact) mass is 256 g/mol. The molecule has 0 saturated heterocycles. The van der Waals surface area contributed by atoms with Gasteiger partial charge in [-0.25, -0.2) is 0 Å². The normalized spacial score (nSPS) is 14.8. The number of nitrogens with one attached hydrogen (secondary N) is 1. The highest BCUT2D eigenvalue weighted by Gasteiger charge is 2.20. The smallest absolute Gasteiger partial charge is 0.0794 e. The Morgan fingerprint density at radius 1 is 1.41 bits per heavy atom. The zero-order chi connectivity index (χ0) is 12.5. The molecule has 0 aliphatic rings. The first-order valence-corrected chi connectivity index (χ1v) is 7.42. The van der Waals surface area contributed by atoms with Crippen molar-refractivity contribution in [2.45, 2.75) is 52.2 Å². The average molecular weight is 256 g/mol. The topological polar surface area (TPSA) is 34.2 Å². The molecule has 0 spiro atoms. The molecule has 1 rings (SSSR count). The van der Waals surface area contributed by atoms with Crippen LogP contribution < -0.4 is 5.32 Å². The number of ether oxygens (including phenoxy) is 1. The van der Waals surface area contributed by atoms with Gasteiger partial charge >= 0.3 is 0 Å². The Labute approximate surface area is 109 Å². The maximum Gasteiger partial charge on any atom is 0.0794 e. The van der Waals surface area contributed by atoms with Gasteiger partial charge in [0.25, 0.3) is 0 Å². The third kappa shape index (κ3) is 5.15. The van der Waals surface area contributed by atoms with Crippen LogP contribution in [0.1, 0.15) is 38.5 Å². The van der Waals surface area contributed by atoms with Gasteiger partial charge in [0.1, 0.15) is 0 Å². The van der Waals surface area contributed by atoms with Crippen LogP contribution in [0, 0.1) is 0 Å². The molecular formula is C13H24N2OS. The molecule has 1 heterocycles. The van der Waals surface area contributed by atoms with Crippen LogP contribution in [0.5, 0.6) is 0 Å². The fourth-order valence-corrected chi connectivity index (χ4v) is 2.61. The van der Waals surface area contributed by atoms with E-state index in [1.54, 1.807) is 11.3 Å². The summed E-state index contributed by atoms with van der Waals surface area (Å²) in [5, 5.41) is 3.60. The lowest BCUT2D eigenvalue weighted by Crippen LogP contribution is -2.43. The average Bonchev–Trinajstić information content (AvgIpc) is 2.84. The van der Waals surface area contributed by atoms with Gasteiger partial charge in [-0.05, 0) is 26.3 Å². The van der Waals surface area contributed by atoms with Gasteiger partial charge < -0.3 is 10.1 Å². The largest absolute Gasteiger partial charge is 0.377 e. The molecule has 1 aromatic heterocycles. The molecule has 17 heavy (non-hydrogen) atoms. The van der Waals surface area contributed by atoms with Gasteiger partial charge in [0, 0.05) is 30.1 Å². The fraction of sp³-hybridized carbons (Fsp3) is 0.769. The summed E-state index contributed by atoms with van der Waals surface area (Å²) in [5.41, 5.74) is 1.90. The summed E-state index contributed by atoms with van der Waals surface area (Å²) >= 11 is 1.72. The Hall–Kier alpha value is -0.450. The zero-order valence-corrected chi connectivity index (χ0v) is 11.9. The molecule has 1 N–H and O–H groups in total. The van der Waals surface area contributed by atoms with Crippen LogP contribution in [0.15, 0.2) is 11.7 Å². The van der Waals surface area contributed by atoms with E-state index in [0.29, 0.717) is 12.1 Å². The predicted molar refractivity (Wildman–Crippen MR) is 73.6 cm³/mol. The second kappa shape index (κ2) is 8.61. The number of thiazole rings is 1. The van der Waals surface area contributed by atoms with Gasteiger partial charge in [-0.2, -0.15) is 0 Å². The molecule has 0 aromatic carbocycles. The van der Waals surface area contributed by atoms with E-state index in [9.17, 15) is 0 Å². The molecule has 0 bridgehead atoms. The second-order valence-corrected chi connectivity index (χ2v) is 5.11. The highest BCUT2D eigenvalue weighted by atomic mass is 32.1. The summed E-state index contributed by atoms with van der Waals surface area (Å²) in [7, 11) is 0. The van der Waals surface area contributed by atoms with E-state index in [1.165, 1.54) is 4.88 Å². The summed E-state index contributed by atoms with van der Waals surface area (Å²) in [5.74, 6) is 0. The Bertz CT molecular complexity index is 277. The van der Waals surface area contributed by atoms with Crippen molar-refractivity contribution in [2.75, 3.05) is 13.2 Å². The van der Waals surface area contributed by atoms with E-state index in [-0.39, 0.29) is 0 Å². The van der Waals surface area contributed by atoms with Gasteiger partial charge in [-0.1, -0.05) is 13.8 Å². The number of hydrogen-bond donors (Lipinski definition) is 1. The van der Waals surface area contributed by atoms with Crippen LogP contribution in [-0.2, 0) is 11.2 Å². The van der Waals surface area contributed by atoms with Gasteiger partial charge in [-0.15, -0.1) is 11.3 Å². The molecule has 4 heteroatoms. The molecule has 0 saturated carbocycles. The van der Waals surface area contributed by atoms with E-state index < -0.39 is 0 Å². The quantitative estimate of drug-likeness (QED) is 0.737. The summed E-state index contributed by atoms with van der Waals surface area (Å²) in [6.45, 7) is 8.27. The predicted octanol–water partition coefficient (Wildman–Crippen LogP) is 2.87. The van der Waals surface area contributed by atoms with Crippen LogP contribution in [0.25, 0.3) is 0 Å². The van der Waals surface area contributed by atoms with Gasteiger partial charge in [0.2, 0.25) is 0 Å². The number of rotatable bonds is 9. The number of aromatic nitrogens is 1. The van der Waals surface area contributed by atoms with Crippen LogP contribution in [0.2, 0.25) is 0 Å². The Balaban J connectivity index is 2.57. The minimum Gasteiger partial charge on any atom is -0.377 e. The minimum atomic E-state index is 0.300. The lowest BCUT2D eigenvalue weighted by molar-refractivity contribution is 0.0321. The highest BCUT2D eigenvalue weighted by molar-refractivity contribution is 7.09. The first-order valence-electron chi connectivity index (χ1n) is 6.54. The molecule has 0 aliphatic carbocycles. The lowest BCUT2D eigenvalue weighted by Gasteiger charge is -2.26. The van der Waals surface area contributed by atoms with E-state index >= 15 is 0 Å². The van der Waals surface area contributed by atoms with Crippen molar-refractivity contribution in [2.24, 2.45) is 0 Å². The number of nitrogens with zero attached hydrogens (tertiary/aromatic N) is 1. The van der Waals surface area contributed by atoms with Crippen molar-refractivity contribution in [3.8, 4) is 0 Å². The molecule has 3 nitrogen and oxygen atoms in total. The van der Waals surface area contributed by atoms with E-state index in [4.69, 9.17) is 4.74 Å². The van der Waals surface area contributed by atoms with Crippen molar-refractivity contribution in [3.63, 3.8) is 0 Å².